The Hall–Kier alpha value is -4.97. The molecule has 0 spiro atoms. The molecule has 5 aromatic rings. The number of halogens is 5. The van der Waals surface area contributed by atoms with Gasteiger partial charge in [-0.25, -0.2) is 14.2 Å². The minimum atomic E-state index is -4.83. The van der Waals surface area contributed by atoms with Gasteiger partial charge in [0.15, 0.2) is 0 Å². The number of carbonyl (C=O) groups excluding carboxylic acids is 1. The van der Waals surface area contributed by atoms with E-state index in [-0.39, 0.29) is 17.0 Å². The first kappa shape index (κ1) is 29.1. The van der Waals surface area contributed by atoms with Crippen molar-refractivity contribution in [3.8, 4) is 22.8 Å². The Bertz CT molecular complexity index is 1910. The van der Waals surface area contributed by atoms with E-state index in [1.807, 2.05) is 13.8 Å². The van der Waals surface area contributed by atoms with Crippen LogP contribution in [0.4, 0.5) is 45.1 Å². The fraction of sp³-hybridized carbons (Fsp3) is 0.161. The van der Waals surface area contributed by atoms with Crippen LogP contribution >= 0.6 is 11.6 Å². The third-order valence-electron chi connectivity index (χ3n) is 7.20. The maximum absolute atomic E-state index is 15.7. The standard InChI is InChI=1S/C31H24ClF4N5O3/c1-30(2)16-41(28-24(42)14-20(33)26(27(28)30)22-15-40-12-11-17(32)13-25(40)38-22)23-6-4-3-5-21(23)39-29(43)37-18-7-9-19(10-8-18)44-31(34,35)36/h3-15,42H,16H2,1-2H3,(H2,37,39,43). The van der Waals surface area contributed by atoms with Crippen LogP contribution in [-0.4, -0.2) is 33.4 Å². The molecule has 3 N–H and O–H groups in total. The Morgan fingerprint density at radius 1 is 1.07 bits per heavy atom. The first-order chi connectivity index (χ1) is 20.8. The minimum Gasteiger partial charge on any atom is -0.506 e. The number of fused-ring (bicyclic) bond motifs is 2. The van der Waals surface area contributed by atoms with Crippen molar-refractivity contribution in [1.82, 2.24) is 9.38 Å². The average molecular weight is 626 g/mol. The summed E-state index contributed by atoms with van der Waals surface area (Å²) in [5.74, 6) is -1.34. The SMILES string of the molecule is CC1(C)CN(c2ccccc2NC(=O)Nc2ccc(OC(F)(F)F)cc2)c2c(O)cc(F)c(-c3cn4ccc(Cl)cc4n3)c21. The van der Waals surface area contributed by atoms with Crippen LogP contribution in [0.2, 0.25) is 5.02 Å². The molecular formula is C31H24ClF4N5O3. The number of imidazole rings is 1. The van der Waals surface area contributed by atoms with Crippen molar-refractivity contribution >= 4 is 46.0 Å². The van der Waals surface area contributed by atoms with Gasteiger partial charge in [0.05, 0.1) is 22.8 Å². The molecule has 2 amide bonds. The highest BCUT2D eigenvalue weighted by atomic mass is 35.5. The van der Waals surface area contributed by atoms with Gasteiger partial charge in [-0.2, -0.15) is 0 Å². The topological polar surface area (TPSA) is 91.1 Å². The van der Waals surface area contributed by atoms with Crippen LogP contribution in [0.5, 0.6) is 11.5 Å². The summed E-state index contributed by atoms with van der Waals surface area (Å²) in [6, 6.07) is 15.3. The van der Waals surface area contributed by atoms with Crippen molar-refractivity contribution in [2.75, 3.05) is 22.1 Å². The summed E-state index contributed by atoms with van der Waals surface area (Å²) >= 11 is 6.13. The number of pyridine rings is 1. The number of alkyl halides is 3. The number of aromatic hydroxyl groups is 1. The Balaban J connectivity index is 1.33. The van der Waals surface area contributed by atoms with Gasteiger partial charge in [0.2, 0.25) is 0 Å². The molecule has 1 aliphatic heterocycles. The number of nitrogens with zero attached hydrogens (tertiary/aromatic N) is 3. The number of carbonyl (C=O) groups is 1. The predicted molar refractivity (Wildman–Crippen MR) is 160 cm³/mol. The zero-order chi connectivity index (χ0) is 31.4. The summed E-state index contributed by atoms with van der Waals surface area (Å²) in [6.45, 7) is 4.18. The summed E-state index contributed by atoms with van der Waals surface area (Å²) in [6.07, 6.45) is -1.41. The van der Waals surface area contributed by atoms with Crippen LogP contribution in [0.25, 0.3) is 16.9 Å². The molecule has 0 radical (unpaired) electrons. The third kappa shape index (κ3) is 5.55. The number of hydrogen-bond donors (Lipinski definition) is 3. The number of anilines is 4. The van der Waals surface area contributed by atoms with E-state index in [1.165, 1.54) is 12.1 Å². The maximum atomic E-state index is 15.7. The van der Waals surface area contributed by atoms with Crippen LogP contribution in [0.15, 0.2) is 79.1 Å². The van der Waals surface area contributed by atoms with Gasteiger partial charge in [0.1, 0.15) is 23.0 Å². The zero-order valence-corrected chi connectivity index (χ0v) is 24.0. The van der Waals surface area contributed by atoms with Crippen molar-refractivity contribution in [3.63, 3.8) is 0 Å². The third-order valence-corrected chi connectivity index (χ3v) is 7.43. The van der Waals surface area contributed by atoms with Crippen LogP contribution in [0, 0.1) is 5.82 Å². The lowest BCUT2D eigenvalue weighted by Crippen LogP contribution is -2.27. The molecule has 3 aromatic carbocycles. The number of para-hydroxylation sites is 2. The number of phenols is 1. The molecule has 0 unspecified atom stereocenters. The van der Waals surface area contributed by atoms with Crippen molar-refractivity contribution < 1.29 is 32.2 Å². The monoisotopic (exact) mass is 625 g/mol. The number of urea groups is 1. The Morgan fingerprint density at radius 3 is 2.52 bits per heavy atom. The van der Waals surface area contributed by atoms with E-state index in [0.29, 0.717) is 45.5 Å². The molecular weight excluding hydrogens is 602 g/mol. The quantitative estimate of drug-likeness (QED) is 0.170. The number of ether oxygens (including phenoxy) is 1. The van der Waals surface area contributed by atoms with E-state index < -0.39 is 29.4 Å². The highest BCUT2D eigenvalue weighted by Crippen LogP contribution is 2.54. The summed E-state index contributed by atoms with van der Waals surface area (Å²) in [5, 5.41) is 16.9. The molecule has 0 atom stereocenters. The van der Waals surface area contributed by atoms with Crippen LogP contribution in [0.1, 0.15) is 19.4 Å². The fourth-order valence-corrected chi connectivity index (χ4v) is 5.64. The fourth-order valence-electron chi connectivity index (χ4n) is 5.48. The van der Waals surface area contributed by atoms with Gasteiger partial charge in [0.25, 0.3) is 0 Å². The Kier molecular flexibility index (Phi) is 7.04. The number of phenolic OH excluding ortho intramolecular Hbond substituents is 1. The molecule has 1 aliphatic rings. The summed E-state index contributed by atoms with van der Waals surface area (Å²) < 4.78 is 58.6. The predicted octanol–water partition coefficient (Wildman–Crippen LogP) is 8.47. The van der Waals surface area contributed by atoms with Gasteiger partial charge in [0, 0.05) is 52.8 Å². The molecule has 6 rings (SSSR count). The van der Waals surface area contributed by atoms with Gasteiger partial charge in [-0.05, 0) is 48.0 Å². The van der Waals surface area contributed by atoms with E-state index >= 15 is 4.39 Å². The maximum Gasteiger partial charge on any atom is 0.573 e. The van der Waals surface area contributed by atoms with Gasteiger partial charge in [-0.1, -0.05) is 37.6 Å². The smallest absolute Gasteiger partial charge is 0.506 e. The van der Waals surface area contributed by atoms with Crippen LogP contribution < -0.4 is 20.3 Å². The van der Waals surface area contributed by atoms with Crippen molar-refractivity contribution in [1.29, 1.82) is 0 Å². The molecule has 0 fully saturated rings. The summed E-state index contributed by atoms with van der Waals surface area (Å²) in [4.78, 5) is 19.3. The largest absolute Gasteiger partial charge is 0.573 e. The number of nitrogens with one attached hydrogen (secondary N) is 2. The zero-order valence-electron chi connectivity index (χ0n) is 23.2. The lowest BCUT2D eigenvalue weighted by Gasteiger charge is -2.25. The second kappa shape index (κ2) is 10.6. The molecule has 2 aromatic heterocycles. The van der Waals surface area contributed by atoms with Gasteiger partial charge in [-0.3, -0.25) is 0 Å². The molecule has 0 saturated heterocycles. The molecule has 3 heterocycles. The molecule has 0 bridgehead atoms. The number of aromatic nitrogens is 2. The lowest BCUT2D eigenvalue weighted by molar-refractivity contribution is -0.274. The van der Waals surface area contributed by atoms with Gasteiger partial charge < -0.3 is 29.8 Å². The van der Waals surface area contributed by atoms with Crippen molar-refractivity contribution in [2.24, 2.45) is 0 Å². The molecule has 8 nitrogen and oxygen atoms in total. The lowest BCUT2D eigenvalue weighted by atomic mass is 9.82. The molecule has 226 valence electrons. The average Bonchev–Trinajstić information content (AvgIpc) is 3.47. The summed E-state index contributed by atoms with van der Waals surface area (Å²) in [7, 11) is 0. The number of benzene rings is 3. The van der Waals surface area contributed by atoms with Crippen molar-refractivity contribution in [3.05, 3.63) is 95.5 Å². The van der Waals surface area contributed by atoms with Crippen molar-refractivity contribution in [2.45, 2.75) is 25.6 Å². The number of amides is 2. The first-order valence-corrected chi connectivity index (χ1v) is 13.7. The normalized spacial score (nSPS) is 14.0. The highest BCUT2D eigenvalue weighted by Gasteiger charge is 2.42. The Morgan fingerprint density at radius 2 is 1.80 bits per heavy atom. The molecule has 0 saturated carbocycles. The number of hydrogen-bond acceptors (Lipinski definition) is 5. The van der Waals surface area contributed by atoms with Gasteiger partial charge in [-0.15, -0.1) is 13.2 Å². The molecule has 0 aliphatic carbocycles. The van der Waals surface area contributed by atoms with E-state index in [9.17, 15) is 23.1 Å². The van der Waals surface area contributed by atoms with E-state index in [2.05, 4.69) is 20.4 Å². The Labute approximate surface area is 253 Å². The van der Waals surface area contributed by atoms with E-state index in [4.69, 9.17) is 11.6 Å². The summed E-state index contributed by atoms with van der Waals surface area (Å²) in [5.41, 5.74) is 2.52. The molecule has 13 heteroatoms. The second-order valence-electron chi connectivity index (χ2n) is 10.9. The first-order valence-electron chi connectivity index (χ1n) is 13.3. The minimum absolute atomic E-state index is 0.230. The van der Waals surface area contributed by atoms with E-state index in [0.717, 1.165) is 18.2 Å². The van der Waals surface area contributed by atoms with E-state index in [1.54, 1.807) is 58.1 Å². The number of rotatable bonds is 5. The van der Waals surface area contributed by atoms with Crippen LogP contribution in [0.3, 0.4) is 0 Å². The molecule has 44 heavy (non-hydrogen) atoms. The van der Waals surface area contributed by atoms with Gasteiger partial charge >= 0.3 is 12.4 Å². The van der Waals surface area contributed by atoms with Crippen LogP contribution in [-0.2, 0) is 5.41 Å². The highest BCUT2D eigenvalue weighted by molar-refractivity contribution is 6.30. The second-order valence-corrected chi connectivity index (χ2v) is 11.3.